The van der Waals surface area contributed by atoms with Gasteiger partial charge in [-0.1, -0.05) is 18.2 Å². The van der Waals surface area contributed by atoms with Crippen molar-refractivity contribution < 1.29 is 9.53 Å². The maximum absolute atomic E-state index is 12.2. The van der Waals surface area contributed by atoms with E-state index in [-0.39, 0.29) is 12.5 Å². The van der Waals surface area contributed by atoms with Crippen molar-refractivity contribution in [3.63, 3.8) is 0 Å². The molecule has 1 N–H and O–H groups in total. The summed E-state index contributed by atoms with van der Waals surface area (Å²) in [7, 11) is 0. The molecule has 140 valence electrons. The second-order valence-corrected chi connectivity index (χ2v) is 5.80. The normalized spacial score (nSPS) is 11.4. The van der Waals surface area contributed by atoms with Crippen LogP contribution in [0.2, 0.25) is 0 Å². The fourth-order valence-electron chi connectivity index (χ4n) is 2.24. The molecule has 1 aromatic carbocycles. The lowest BCUT2D eigenvalue weighted by atomic mass is 10.2. The van der Waals surface area contributed by atoms with Crippen LogP contribution in [0.25, 0.3) is 0 Å². The zero-order valence-electron chi connectivity index (χ0n) is 15.3. The van der Waals surface area contributed by atoms with Crippen LogP contribution < -0.4 is 10.2 Å². The Morgan fingerprint density at radius 1 is 1.04 bits per heavy atom. The molecule has 0 bridgehead atoms. The van der Waals surface area contributed by atoms with Gasteiger partial charge in [0.15, 0.2) is 5.84 Å². The number of ether oxygens (including phenoxy) is 1. The number of rotatable bonds is 6. The molecule has 0 saturated heterocycles. The summed E-state index contributed by atoms with van der Waals surface area (Å²) in [5.41, 5.74) is 4.82. The van der Waals surface area contributed by atoms with Crippen LogP contribution in [0.5, 0.6) is 5.75 Å². The monoisotopic (exact) mass is 373 g/mol. The molecule has 2 aromatic heterocycles. The number of aromatic nitrogens is 2. The van der Waals surface area contributed by atoms with E-state index in [0.29, 0.717) is 11.4 Å². The second-order valence-electron chi connectivity index (χ2n) is 5.80. The van der Waals surface area contributed by atoms with Gasteiger partial charge in [0.2, 0.25) is 0 Å². The highest BCUT2D eigenvalue weighted by atomic mass is 16.5. The lowest BCUT2D eigenvalue weighted by Gasteiger charge is -2.08. The van der Waals surface area contributed by atoms with E-state index in [1.54, 1.807) is 43.1 Å². The van der Waals surface area contributed by atoms with Crippen LogP contribution in [0, 0.1) is 6.92 Å². The molecule has 3 rings (SSSR count). The van der Waals surface area contributed by atoms with Gasteiger partial charge in [-0.15, -0.1) is 0 Å². The molecule has 0 aliphatic heterocycles. The summed E-state index contributed by atoms with van der Waals surface area (Å²) in [5, 5.41) is 4.12. The number of carbonyl (C=O) groups excluding carboxylic acids is 1. The van der Waals surface area contributed by atoms with Gasteiger partial charge in [0.1, 0.15) is 12.4 Å². The molecule has 0 aliphatic carbocycles. The highest BCUT2D eigenvalue weighted by Gasteiger charge is 2.06. The number of hydrogen-bond acceptors (Lipinski definition) is 5. The zero-order chi connectivity index (χ0) is 19.6. The molecule has 0 fully saturated rings. The molecule has 0 atom stereocenters. The zero-order valence-corrected chi connectivity index (χ0v) is 15.3. The summed E-state index contributed by atoms with van der Waals surface area (Å²) in [4.78, 5) is 24.4. The molecule has 0 saturated carbocycles. The molecule has 1 amide bonds. The van der Waals surface area contributed by atoms with Gasteiger partial charge in [0, 0.05) is 36.6 Å². The van der Waals surface area contributed by atoms with Crippen LogP contribution in [0.3, 0.4) is 0 Å². The van der Waals surface area contributed by atoms with Crippen molar-refractivity contribution in [2.75, 3.05) is 6.61 Å². The molecule has 2 heterocycles. The van der Waals surface area contributed by atoms with Gasteiger partial charge in [-0.2, -0.15) is 5.10 Å². The number of carbonyl (C=O) groups is 1. The lowest BCUT2D eigenvalue weighted by molar-refractivity contribution is 0.0954. The van der Waals surface area contributed by atoms with E-state index < -0.39 is 0 Å². The van der Waals surface area contributed by atoms with E-state index in [1.807, 2.05) is 43.3 Å². The highest BCUT2D eigenvalue weighted by molar-refractivity contribution is 5.98. The molecular weight excluding hydrogens is 354 g/mol. The summed E-state index contributed by atoms with van der Waals surface area (Å²) < 4.78 is 5.81. The Hall–Kier alpha value is -3.87. The number of nitrogens with zero attached hydrogens (tertiary/aromatic N) is 4. The van der Waals surface area contributed by atoms with E-state index >= 15 is 0 Å². The number of hydrogen-bond donors (Lipinski definition) is 1. The standard InChI is InChI=1S/C21H19N5O2/c1-16-4-2-3-5-19(16)28-15-20(24-14-17-6-10-22-11-7-17)25-26-21(27)18-8-12-23-13-9-18/h2-14H,15H2,1H3,(H,26,27)/b24-14?,25-20+. The van der Waals surface area contributed by atoms with Gasteiger partial charge in [0.05, 0.1) is 0 Å². The van der Waals surface area contributed by atoms with E-state index in [1.165, 1.54) is 0 Å². The molecule has 0 unspecified atom stereocenters. The van der Waals surface area contributed by atoms with E-state index in [2.05, 4.69) is 25.5 Å². The van der Waals surface area contributed by atoms with Crippen molar-refractivity contribution in [2.24, 2.45) is 10.1 Å². The van der Waals surface area contributed by atoms with E-state index in [9.17, 15) is 4.79 Å². The Bertz CT molecular complexity index is 972. The minimum absolute atomic E-state index is 0.100. The van der Waals surface area contributed by atoms with Crippen LogP contribution in [0.15, 0.2) is 83.4 Å². The van der Waals surface area contributed by atoms with E-state index in [4.69, 9.17) is 4.74 Å². The van der Waals surface area contributed by atoms with Crippen LogP contribution in [-0.4, -0.2) is 34.5 Å². The quantitative estimate of drug-likeness (QED) is 0.409. The molecule has 0 aliphatic rings. The average Bonchev–Trinajstić information content (AvgIpc) is 2.75. The predicted octanol–water partition coefficient (Wildman–Crippen LogP) is 3.03. The molecule has 3 aromatic rings. The maximum atomic E-state index is 12.2. The molecule has 7 nitrogen and oxygen atoms in total. The smallest absolute Gasteiger partial charge is 0.271 e. The fourth-order valence-corrected chi connectivity index (χ4v) is 2.24. The van der Waals surface area contributed by atoms with E-state index in [0.717, 1.165) is 16.9 Å². The Balaban J connectivity index is 1.74. The minimum Gasteiger partial charge on any atom is -0.485 e. The largest absolute Gasteiger partial charge is 0.485 e. The van der Waals surface area contributed by atoms with Gasteiger partial charge >= 0.3 is 0 Å². The first kappa shape index (κ1) is 18.9. The molecule has 0 radical (unpaired) electrons. The average molecular weight is 373 g/mol. The van der Waals surface area contributed by atoms with Crippen LogP contribution in [0.1, 0.15) is 21.5 Å². The predicted molar refractivity (Wildman–Crippen MR) is 108 cm³/mol. The molecule has 0 spiro atoms. The summed E-state index contributed by atoms with van der Waals surface area (Å²) in [6.45, 7) is 2.06. The van der Waals surface area contributed by atoms with Crippen molar-refractivity contribution in [1.29, 1.82) is 0 Å². The topological polar surface area (TPSA) is 88.8 Å². The number of amidine groups is 1. The molecule has 28 heavy (non-hydrogen) atoms. The van der Waals surface area contributed by atoms with Crippen LogP contribution in [-0.2, 0) is 0 Å². The first-order valence-corrected chi connectivity index (χ1v) is 8.62. The maximum Gasteiger partial charge on any atom is 0.271 e. The Morgan fingerprint density at radius 3 is 2.43 bits per heavy atom. The number of amides is 1. The number of aliphatic imine (C=N–C) groups is 1. The minimum atomic E-state index is -0.352. The Labute approximate surface area is 162 Å². The number of nitrogens with one attached hydrogen (secondary N) is 1. The van der Waals surface area contributed by atoms with Crippen LogP contribution >= 0.6 is 0 Å². The van der Waals surface area contributed by atoms with Crippen molar-refractivity contribution in [3.05, 3.63) is 90.0 Å². The second kappa shape index (κ2) is 9.72. The Morgan fingerprint density at radius 2 is 1.71 bits per heavy atom. The summed E-state index contributed by atoms with van der Waals surface area (Å²) in [6, 6.07) is 14.5. The third kappa shape index (κ3) is 5.57. The lowest BCUT2D eigenvalue weighted by Crippen LogP contribution is -2.21. The number of hydrazone groups is 1. The highest BCUT2D eigenvalue weighted by Crippen LogP contribution is 2.16. The van der Waals surface area contributed by atoms with Gasteiger partial charge < -0.3 is 4.74 Å². The first-order chi connectivity index (χ1) is 13.7. The summed E-state index contributed by atoms with van der Waals surface area (Å²) in [5.74, 6) is 0.701. The third-order valence-corrected chi connectivity index (χ3v) is 3.75. The van der Waals surface area contributed by atoms with Gasteiger partial charge in [-0.3, -0.25) is 14.8 Å². The third-order valence-electron chi connectivity index (χ3n) is 3.75. The summed E-state index contributed by atoms with van der Waals surface area (Å²) >= 11 is 0. The fraction of sp³-hybridized carbons (Fsp3) is 0.0952. The number of para-hydroxylation sites is 1. The first-order valence-electron chi connectivity index (χ1n) is 8.62. The molecule has 7 heteroatoms. The number of benzene rings is 1. The van der Waals surface area contributed by atoms with Crippen molar-refractivity contribution in [2.45, 2.75) is 6.92 Å². The summed E-state index contributed by atoms with van der Waals surface area (Å²) in [6.07, 6.45) is 8.07. The SMILES string of the molecule is Cc1ccccc1OC/C(N=Cc1ccncc1)=N\NC(=O)c1ccncc1. The van der Waals surface area contributed by atoms with Gasteiger partial charge in [-0.25, -0.2) is 10.4 Å². The van der Waals surface area contributed by atoms with Crippen molar-refractivity contribution in [1.82, 2.24) is 15.4 Å². The van der Waals surface area contributed by atoms with Gasteiger partial charge in [0.25, 0.3) is 5.91 Å². The van der Waals surface area contributed by atoms with Gasteiger partial charge in [-0.05, 0) is 48.4 Å². The number of aryl methyl sites for hydroxylation is 1. The Kier molecular flexibility index (Phi) is 6.57. The molecular formula is C21H19N5O2. The van der Waals surface area contributed by atoms with Crippen LogP contribution in [0.4, 0.5) is 0 Å². The number of pyridine rings is 2. The van der Waals surface area contributed by atoms with Crippen molar-refractivity contribution >= 4 is 18.0 Å². The van der Waals surface area contributed by atoms with Crippen molar-refractivity contribution in [3.8, 4) is 5.75 Å².